The van der Waals surface area contributed by atoms with Crippen LogP contribution in [0.25, 0.3) is 0 Å². The molecule has 3 rings (SSSR count). The van der Waals surface area contributed by atoms with E-state index >= 15 is 0 Å². The van der Waals surface area contributed by atoms with Gasteiger partial charge in [-0.25, -0.2) is 8.42 Å². The Hall–Kier alpha value is -2.22. The lowest BCUT2D eigenvalue weighted by Crippen LogP contribution is -2.44. The van der Waals surface area contributed by atoms with E-state index < -0.39 is 10.0 Å². The van der Waals surface area contributed by atoms with Gasteiger partial charge in [0.1, 0.15) is 0 Å². The van der Waals surface area contributed by atoms with Crippen molar-refractivity contribution < 1.29 is 13.2 Å². The van der Waals surface area contributed by atoms with Crippen LogP contribution in [0.1, 0.15) is 35.6 Å². The number of likely N-dealkylation sites (N-methyl/N-ethyl adjacent to an activating group) is 1. The van der Waals surface area contributed by atoms with Gasteiger partial charge in [-0.05, 0) is 58.0 Å². The molecule has 1 aliphatic heterocycles. The summed E-state index contributed by atoms with van der Waals surface area (Å²) in [6.07, 6.45) is 1.07. The standard InChI is InChI=1S/C24H33N3O3S/c1-18-10-11-23(19(2)16-18)31(29,30)27-14-12-21(13-15-27)24(28)25-17-22(26(3)4)20-8-6-5-7-9-20/h5-11,16,21-22H,12-15,17H2,1-4H3,(H,25,28). The molecule has 168 valence electrons. The Morgan fingerprint density at radius 2 is 1.74 bits per heavy atom. The smallest absolute Gasteiger partial charge is 0.243 e. The number of hydrogen-bond acceptors (Lipinski definition) is 4. The second-order valence-corrected chi connectivity index (χ2v) is 10.5. The third-order valence-corrected chi connectivity index (χ3v) is 8.11. The second-order valence-electron chi connectivity index (χ2n) is 8.58. The quantitative estimate of drug-likeness (QED) is 0.714. The van der Waals surface area contributed by atoms with Gasteiger partial charge in [0.25, 0.3) is 0 Å². The molecule has 2 aromatic carbocycles. The Kier molecular flexibility index (Phi) is 7.51. The molecule has 1 N–H and O–H groups in total. The highest BCUT2D eigenvalue weighted by atomic mass is 32.2. The van der Waals surface area contributed by atoms with Crippen molar-refractivity contribution in [3.63, 3.8) is 0 Å². The maximum Gasteiger partial charge on any atom is 0.243 e. The monoisotopic (exact) mass is 443 g/mol. The van der Waals surface area contributed by atoms with Gasteiger partial charge in [-0.3, -0.25) is 4.79 Å². The summed E-state index contributed by atoms with van der Waals surface area (Å²) in [7, 11) is 0.464. The summed E-state index contributed by atoms with van der Waals surface area (Å²) < 4.78 is 27.6. The van der Waals surface area contributed by atoms with Crippen LogP contribution < -0.4 is 5.32 Å². The molecule has 1 unspecified atom stereocenters. The Bertz CT molecular complexity index is 998. The third kappa shape index (κ3) is 5.53. The van der Waals surface area contributed by atoms with Crippen LogP contribution in [-0.4, -0.2) is 57.3 Å². The first-order valence-corrected chi connectivity index (χ1v) is 12.2. The highest BCUT2D eigenvalue weighted by Gasteiger charge is 2.33. The second kappa shape index (κ2) is 9.94. The van der Waals surface area contributed by atoms with Crippen LogP contribution in [-0.2, 0) is 14.8 Å². The Morgan fingerprint density at radius 3 is 2.32 bits per heavy atom. The minimum absolute atomic E-state index is 0.00588. The maximum absolute atomic E-state index is 13.1. The lowest BCUT2D eigenvalue weighted by molar-refractivity contribution is -0.126. The molecule has 1 heterocycles. The van der Waals surface area contributed by atoms with Gasteiger partial charge in [-0.15, -0.1) is 0 Å². The molecule has 0 radical (unpaired) electrons. The molecule has 2 aromatic rings. The van der Waals surface area contributed by atoms with Gasteiger partial charge in [0.05, 0.1) is 10.9 Å². The van der Waals surface area contributed by atoms with Gasteiger partial charge < -0.3 is 10.2 Å². The van der Waals surface area contributed by atoms with Crippen LogP contribution in [0, 0.1) is 19.8 Å². The molecule has 0 bridgehead atoms. The fourth-order valence-electron chi connectivity index (χ4n) is 4.20. The van der Waals surface area contributed by atoms with E-state index in [4.69, 9.17) is 0 Å². The molecule has 0 aromatic heterocycles. The highest BCUT2D eigenvalue weighted by molar-refractivity contribution is 7.89. The Balaban J connectivity index is 1.58. The van der Waals surface area contributed by atoms with Crippen molar-refractivity contribution >= 4 is 15.9 Å². The predicted molar refractivity (Wildman–Crippen MR) is 123 cm³/mol. The molecule has 6 nitrogen and oxygen atoms in total. The number of piperidine rings is 1. The van der Waals surface area contributed by atoms with Gasteiger partial charge in [-0.1, -0.05) is 48.0 Å². The van der Waals surface area contributed by atoms with Gasteiger partial charge in [0, 0.05) is 25.6 Å². The number of benzene rings is 2. The van der Waals surface area contributed by atoms with E-state index in [2.05, 4.69) is 22.3 Å². The summed E-state index contributed by atoms with van der Waals surface area (Å²) in [6.45, 7) is 5.03. The average Bonchev–Trinajstić information content (AvgIpc) is 2.74. The van der Waals surface area contributed by atoms with Crippen LogP contribution in [0.15, 0.2) is 53.4 Å². The van der Waals surface area contributed by atoms with E-state index in [1.54, 1.807) is 6.07 Å². The van der Waals surface area contributed by atoms with E-state index in [9.17, 15) is 13.2 Å². The maximum atomic E-state index is 13.1. The van der Waals surface area contributed by atoms with Crippen LogP contribution >= 0.6 is 0 Å². The van der Waals surface area contributed by atoms with Crippen molar-refractivity contribution in [1.82, 2.24) is 14.5 Å². The zero-order valence-corrected chi connectivity index (χ0v) is 19.7. The Morgan fingerprint density at radius 1 is 1.10 bits per heavy atom. The molecular formula is C24H33N3O3S. The number of rotatable bonds is 7. The summed E-state index contributed by atoms with van der Waals surface area (Å²) in [5.41, 5.74) is 2.95. The zero-order chi connectivity index (χ0) is 22.6. The van der Waals surface area contributed by atoms with E-state index in [1.165, 1.54) is 4.31 Å². The van der Waals surface area contributed by atoms with E-state index in [1.807, 2.05) is 58.3 Å². The fourth-order valence-corrected chi connectivity index (χ4v) is 5.88. The van der Waals surface area contributed by atoms with Crippen molar-refractivity contribution in [2.24, 2.45) is 5.92 Å². The lowest BCUT2D eigenvalue weighted by atomic mass is 9.97. The number of sulfonamides is 1. The van der Waals surface area contributed by atoms with Crippen LogP contribution in [0.4, 0.5) is 0 Å². The largest absolute Gasteiger partial charge is 0.354 e. The summed E-state index contributed by atoms with van der Waals surface area (Å²) in [4.78, 5) is 15.2. The number of carbonyl (C=O) groups excluding carboxylic acids is 1. The minimum Gasteiger partial charge on any atom is -0.354 e. The lowest BCUT2D eigenvalue weighted by Gasteiger charge is -2.32. The molecule has 1 saturated heterocycles. The fraction of sp³-hybridized carbons (Fsp3) is 0.458. The topological polar surface area (TPSA) is 69.7 Å². The minimum atomic E-state index is -3.54. The first-order valence-electron chi connectivity index (χ1n) is 10.8. The number of hydrogen-bond donors (Lipinski definition) is 1. The van der Waals surface area contributed by atoms with Gasteiger partial charge in [0.15, 0.2) is 0 Å². The number of carbonyl (C=O) groups is 1. The van der Waals surface area contributed by atoms with Crippen molar-refractivity contribution in [3.8, 4) is 0 Å². The van der Waals surface area contributed by atoms with Crippen molar-refractivity contribution in [3.05, 3.63) is 65.2 Å². The molecule has 7 heteroatoms. The molecule has 1 fully saturated rings. The molecule has 1 amide bonds. The molecule has 1 aliphatic rings. The van der Waals surface area contributed by atoms with Crippen molar-refractivity contribution in [2.45, 2.75) is 37.6 Å². The van der Waals surface area contributed by atoms with Crippen molar-refractivity contribution in [1.29, 1.82) is 0 Å². The molecule has 0 aliphatic carbocycles. The van der Waals surface area contributed by atoms with Crippen LogP contribution in [0.5, 0.6) is 0 Å². The normalized spacial score (nSPS) is 16.9. The summed E-state index contributed by atoms with van der Waals surface area (Å²) in [5.74, 6) is -0.157. The van der Waals surface area contributed by atoms with Crippen LogP contribution in [0.2, 0.25) is 0 Å². The number of nitrogens with one attached hydrogen (secondary N) is 1. The third-order valence-electron chi connectivity index (χ3n) is 6.05. The molecule has 31 heavy (non-hydrogen) atoms. The predicted octanol–water partition coefficient (Wildman–Crippen LogP) is 3.12. The number of aryl methyl sites for hydroxylation is 2. The van der Waals surface area contributed by atoms with E-state index in [0.717, 1.165) is 16.7 Å². The van der Waals surface area contributed by atoms with E-state index in [-0.39, 0.29) is 17.9 Å². The number of nitrogens with zero attached hydrogens (tertiary/aromatic N) is 2. The number of amides is 1. The zero-order valence-electron chi connectivity index (χ0n) is 18.8. The highest BCUT2D eigenvalue weighted by Crippen LogP contribution is 2.26. The van der Waals surface area contributed by atoms with Gasteiger partial charge in [0.2, 0.25) is 15.9 Å². The van der Waals surface area contributed by atoms with Crippen molar-refractivity contribution in [2.75, 3.05) is 33.7 Å². The first-order chi connectivity index (χ1) is 14.7. The molecular weight excluding hydrogens is 410 g/mol. The van der Waals surface area contributed by atoms with Gasteiger partial charge in [-0.2, -0.15) is 4.31 Å². The molecule has 0 saturated carbocycles. The SMILES string of the molecule is Cc1ccc(S(=O)(=O)N2CCC(C(=O)NCC(c3ccccc3)N(C)C)CC2)c(C)c1. The summed E-state index contributed by atoms with van der Waals surface area (Å²) in [5, 5.41) is 3.08. The van der Waals surface area contributed by atoms with Crippen LogP contribution in [0.3, 0.4) is 0 Å². The molecule has 1 atom stereocenters. The van der Waals surface area contributed by atoms with Gasteiger partial charge >= 0.3 is 0 Å². The Labute approximate surface area is 186 Å². The van der Waals surface area contributed by atoms with E-state index in [0.29, 0.717) is 37.4 Å². The molecule has 0 spiro atoms. The average molecular weight is 444 g/mol. The summed E-state index contributed by atoms with van der Waals surface area (Å²) >= 11 is 0. The first kappa shape index (κ1) is 23.4. The summed E-state index contributed by atoms with van der Waals surface area (Å²) in [6, 6.07) is 15.6.